The monoisotopic (exact) mass is 436 g/mol. The van der Waals surface area contributed by atoms with E-state index in [1.807, 2.05) is 88.4 Å². The zero-order valence-corrected chi connectivity index (χ0v) is 20.4. The van der Waals surface area contributed by atoms with Gasteiger partial charge in [0, 0.05) is 16.5 Å². The van der Waals surface area contributed by atoms with E-state index in [-0.39, 0.29) is 17.0 Å². The molecule has 2 unspecified atom stereocenters. The van der Waals surface area contributed by atoms with E-state index in [0.717, 1.165) is 0 Å². The Kier molecular flexibility index (Phi) is 6.52. The van der Waals surface area contributed by atoms with E-state index in [4.69, 9.17) is 9.78 Å². The summed E-state index contributed by atoms with van der Waals surface area (Å²) < 4.78 is 0. The Hall–Kier alpha value is -2.30. The van der Waals surface area contributed by atoms with Gasteiger partial charge in [0.25, 0.3) is 0 Å². The van der Waals surface area contributed by atoms with Crippen molar-refractivity contribution >= 4 is 11.6 Å². The minimum Gasteiger partial charge on any atom is -0.294 e. The van der Waals surface area contributed by atoms with Crippen molar-refractivity contribution < 1.29 is 19.4 Å². The van der Waals surface area contributed by atoms with Crippen LogP contribution in [0.25, 0.3) is 0 Å². The average molecular weight is 437 g/mol. The predicted molar refractivity (Wildman–Crippen MR) is 126 cm³/mol. The number of Topliss-reactive ketones (excluding diaryl/α,β-unsaturated/α-hetero) is 2. The van der Waals surface area contributed by atoms with Crippen molar-refractivity contribution in [2.75, 3.05) is 0 Å². The quantitative estimate of drug-likeness (QED) is 0.256. The first-order valence-electron chi connectivity index (χ1n) is 11.4. The molecular weight excluding hydrogens is 400 g/mol. The lowest BCUT2D eigenvalue weighted by Crippen LogP contribution is -2.50. The van der Waals surface area contributed by atoms with Crippen LogP contribution in [-0.4, -0.2) is 17.9 Å². The number of benzene rings is 2. The van der Waals surface area contributed by atoms with Gasteiger partial charge in [-0.05, 0) is 23.7 Å². The summed E-state index contributed by atoms with van der Waals surface area (Å²) in [5.74, 6) is 0.0923. The minimum absolute atomic E-state index is 0.00322. The topological polar surface area (TPSA) is 59.2 Å². The fourth-order valence-corrected chi connectivity index (χ4v) is 4.63. The van der Waals surface area contributed by atoms with Crippen molar-refractivity contribution in [1.29, 1.82) is 0 Å². The van der Waals surface area contributed by atoms with Gasteiger partial charge in [0.1, 0.15) is 0 Å². The van der Waals surface area contributed by atoms with Crippen LogP contribution in [0, 0.1) is 21.7 Å². The summed E-state index contributed by atoms with van der Waals surface area (Å²) in [5, 5.41) is 0. The minimum atomic E-state index is -0.919. The van der Waals surface area contributed by atoms with E-state index in [1.165, 1.54) is 0 Å². The molecule has 1 saturated heterocycles. The van der Waals surface area contributed by atoms with Gasteiger partial charge in [-0.3, -0.25) is 9.59 Å². The van der Waals surface area contributed by atoms with Crippen LogP contribution in [0.4, 0.5) is 0 Å². The Morgan fingerprint density at radius 2 is 1.09 bits per heavy atom. The molecule has 2 aromatic rings. The van der Waals surface area contributed by atoms with Crippen LogP contribution < -0.4 is 0 Å². The van der Waals surface area contributed by atoms with Crippen molar-refractivity contribution in [2.45, 2.75) is 67.6 Å². The molecule has 4 heteroatoms. The van der Waals surface area contributed by atoms with Crippen LogP contribution in [0.15, 0.2) is 60.7 Å². The molecule has 0 bridgehead atoms. The van der Waals surface area contributed by atoms with Crippen LogP contribution in [-0.2, 0) is 9.78 Å². The van der Waals surface area contributed by atoms with Gasteiger partial charge in [0.05, 0.1) is 5.41 Å². The first-order valence-corrected chi connectivity index (χ1v) is 11.4. The molecule has 1 heterocycles. The van der Waals surface area contributed by atoms with Crippen molar-refractivity contribution in [3.05, 3.63) is 71.8 Å². The Morgan fingerprint density at radius 1 is 0.656 bits per heavy atom. The van der Waals surface area contributed by atoms with Crippen LogP contribution in [0.3, 0.4) is 0 Å². The highest BCUT2D eigenvalue weighted by Crippen LogP contribution is 2.56. The van der Waals surface area contributed by atoms with Crippen molar-refractivity contribution in [1.82, 2.24) is 0 Å². The summed E-state index contributed by atoms with van der Waals surface area (Å²) in [6.45, 7) is 14.4. The van der Waals surface area contributed by atoms with Gasteiger partial charge in [0.2, 0.25) is 6.29 Å². The first-order chi connectivity index (χ1) is 14.8. The van der Waals surface area contributed by atoms with Crippen LogP contribution in [0.2, 0.25) is 0 Å². The van der Waals surface area contributed by atoms with Gasteiger partial charge in [-0.2, -0.15) is 9.78 Å². The maximum Gasteiger partial charge on any atom is 0.237 e. The van der Waals surface area contributed by atoms with Crippen molar-refractivity contribution in [3.8, 4) is 0 Å². The normalized spacial score (nSPS) is 18.5. The highest BCUT2D eigenvalue weighted by atomic mass is 17.4. The summed E-state index contributed by atoms with van der Waals surface area (Å²) in [6.07, 6.45) is 0.385. The summed E-state index contributed by atoms with van der Waals surface area (Å²) in [6, 6.07) is 18.7. The van der Waals surface area contributed by atoms with Gasteiger partial charge < -0.3 is 0 Å². The number of hydrogen-bond donors (Lipinski definition) is 0. The second kappa shape index (κ2) is 8.57. The fourth-order valence-electron chi connectivity index (χ4n) is 4.63. The molecule has 4 nitrogen and oxygen atoms in total. The van der Waals surface area contributed by atoms with Gasteiger partial charge >= 0.3 is 0 Å². The van der Waals surface area contributed by atoms with Gasteiger partial charge in [0.15, 0.2) is 11.6 Å². The Labute approximate surface area is 192 Å². The van der Waals surface area contributed by atoms with E-state index in [1.54, 1.807) is 0 Å². The number of carbonyl (C=O) groups is 2. The average Bonchev–Trinajstić information content (AvgIpc) is 3.58. The summed E-state index contributed by atoms with van der Waals surface area (Å²) in [5.41, 5.74) is -1.04. The van der Waals surface area contributed by atoms with Crippen molar-refractivity contribution in [2.24, 2.45) is 21.7 Å². The van der Waals surface area contributed by atoms with Gasteiger partial charge in [-0.1, -0.05) is 109 Å². The molecule has 32 heavy (non-hydrogen) atoms. The second-order valence-corrected chi connectivity index (χ2v) is 11.2. The molecule has 3 rings (SSSR count). The van der Waals surface area contributed by atoms with Crippen LogP contribution >= 0.6 is 0 Å². The molecular formula is C28H36O4. The maximum absolute atomic E-state index is 14.0. The number of ketones is 2. The van der Waals surface area contributed by atoms with E-state index in [0.29, 0.717) is 24.0 Å². The molecule has 0 aromatic heterocycles. The van der Waals surface area contributed by atoms with E-state index < -0.39 is 22.5 Å². The molecule has 2 aromatic carbocycles. The van der Waals surface area contributed by atoms with E-state index in [9.17, 15) is 9.59 Å². The lowest BCUT2D eigenvalue weighted by atomic mass is 9.55. The number of hydrogen-bond acceptors (Lipinski definition) is 4. The predicted octanol–water partition coefficient (Wildman–Crippen LogP) is 6.91. The summed E-state index contributed by atoms with van der Waals surface area (Å²) in [4.78, 5) is 38.4. The molecule has 0 amide bonds. The first kappa shape index (κ1) is 24.3. The highest BCUT2D eigenvalue weighted by molar-refractivity contribution is 6.02. The summed E-state index contributed by atoms with van der Waals surface area (Å²) in [7, 11) is 0. The second-order valence-electron chi connectivity index (χ2n) is 11.2. The molecule has 2 atom stereocenters. The largest absolute Gasteiger partial charge is 0.294 e. The number of rotatable bonds is 8. The summed E-state index contributed by atoms with van der Waals surface area (Å²) >= 11 is 0. The third-order valence-corrected chi connectivity index (χ3v) is 7.59. The van der Waals surface area contributed by atoms with Crippen LogP contribution in [0.5, 0.6) is 0 Å². The molecule has 0 N–H and O–H groups in total. The zero-order valence-electron chi connectivity index (χ0n) is 20.4. The Morgan fingerprint density at radius 3 is 1.47 bits per heavy atom. The smallest absolute Gasteiger partial charge is 0.237 e. The SMILES string of the molecule is CC(C)(C)C(C)(CCC(C(=O)c1ccccc1)(C1OO1)C(C)(C)C)C(=O)c1ccccc1. The fraction of sp³-hybridized carbons (Fsp3) is 0.500. The molecule has 0 spiro atoms. The maximum atomic E-state index is 14.0. The third-order valence-electron chi connectivity index (χ3n) is 7.59. The molecule has 1 fully saturated rings. The lowest BCUT2D eigenvalue weighted by Gasteiger charge is -2.46. The standard InChI is InChI=1S/C28H36O4/c1-25(2,3)27(7,22(29)20-14-10-8-11-15-20)18-19-28(24-31-32-24,26(4,5)6)23(30)21-16-12-9-13-17-21/h8-17,24H,18-19H2,1-7H3. The molecule has 1 aliphatic rings. The molecule has 0 radical (unpaired) electrons. The van der Waals surface area contributed by atoms with Gasteiger partial charge in [-0.25, -0.2) is 0 Å². The number of carbonyl (C=O) groups excluding carboxylic acids is 2. The lowest BCUT2D eigenvalue weighted by molar-refractivity contribution is 0.0102. The molecule has 1 aliphatic heterocycles. The van der Waals surface area contributed by atoms with Crippen molar-refractivity contribution in [3.63, 3.8) is 0 Å². The van der Waals surface area contributed by atoms with E-state index in [2.05, 4.69) is 20.8 Å². The molecule has 0 aliphatic carbocycles. The Bertz CT molecular complexity index is 948. The molecule has 0 saturated carbocycles. The highest BCUT2D eigenvalue weighted by Gasteiger charge is 2.62. The third kappa shape index (κ3) is 4.31. The van der Waals surface area contributed by atoms with Gasteiger partial charge in [-0.15, -0.1) is 0 Å². The molecule has 172 valence electrons. The van der Waals surface area contributed by atoms with E-state index >= 15 is 0 Å². The Balaban J connectivity index is 2.04. The van der Waals surface area contributed by atoms with Crippen LogP contribution in [0.1, 0.15) is 82.0 Å². The zero-order chi connectivity index (χ0) is 23.8.